The maximum atomic E-state index is 12.8. The van der Waals surface area contributed by atoms with E-state index in [0.717, 1.165) is 12.0 Å². The van der Waals surface area contributed by atoms with Crippen LogP contribution in [0.5, 0.6) is 11.5 Å². The Kier molecular flexibility index (Phi) is 4.88. The third-order valence-electron chi connectivity index (χ3n) is 4.17. The number of carbonyl (C=O) groups excluding carboxylic acids is 1. The zero-order valence-corrected chi connectivity index (χ0v) is 14.9. The Balaban J connectivity index is 1.88. The van der Waals surface area contributed by atoms with E-state index in [1.807, 2.05) is 12.1 Å². The van der Waals surface area contributed by atoms with E-state index in [9.17, 15) is 4.79 Å². The second-order valence-corrected chi connectivity index (χ2v) is 6.42. The highest BCUT2D eigenvalue weighted by molar-refractivity contribution is 6.36. The summed E-state index contributed by atoms with van der Waals surface area (Å²) in [4.78, 5) is 14.5. The molecule has 0 bridgehead atoms. The molecule has 2 aromatic rings. The summed E-state index contributed by atoms with van der Waals surface area (Å²) in [7, 11) is 3.22. The first-order chi connectivity index (χ1) is 11.5. The number of benzene rings is 2. The van der Waals surface area contributed by atoms with Crippen molar-refractivity contribution in [3.05, 3.63) is 57.1 Å². The van der Waals surface area contributed by atoms with Crippen LogP contribution in [0.4, 0.5) is 0 Å². The molecule has 1 aliphatic heterocycles. The molecule has 2 aromatic carbocycles. The van der Waals surface area contributed by atoms with E-state index in [1.165, 1.54) is 5.56 Å². The van der Waals surface area contributed by atoms with Crippen LogP contribution in [0.15, 0.2) is 30.3 Å². The molecule has 1 amide bonds. The van der Waals surface area contributed by atoms with E-state index in [-0.39, 0.29) is 5.91 Å². The minimum absolute atomic E-state index is 0.0999. The monoisotopic (exact) mass is 365 g/mol. The molecule has 0 spiro atoms. The van der Waals surface area contributed by atoms with Crippen molar-refractivity contribution in [1.82, 2.24) is 4.90 Å². The number of rotatable bonds is 3. The lowest BCUT2D eigenvalue weighted by Crippen LogP contribution is -2.36. The average Bonchev–Trinajstić information content (AvgIpc) is 2.59. The van der Waals surface area contributed by atoms with Gasteiger partial charge >= 0.3 is 0 Å². The first kappa shape index (κ1) is 16.9. The van der Waals surface area contributed by atoms with Gasteiger partial charge in [-0.2, -0.15) is 0 Å². The van der Waals surface area contributed by atoms with Gasteiger partial charge in [0.2, 0.25) is 0 Å². The summed E-state index contributed by atoms with van der Waals surface area (Å²) >= 11 is 12.1. The number of hydrogen-bond donors (Lipinski definition) is 0. The highest BCUT2D eigenvalue weighted by atomic mass is 35.5. The van der Waals surface area contributed by atoms with Gasteiger partial charge in [-0.25, -0.2) is 0 Å². The highest BCUT2D eigenvalue weighted by Gasteiger charge is 2.25. The Bertz CT molecular complexity index is 792. The van der Waals surface area contributed by atoms with Crippen LogP contribution in [0.25, 0.3) is 0 Å². The summed E-state index contributed by atoms with van der Waals surface area (Å²) < 4.78 is 10.7. The van der Waals surface area contributed by atoms with Gasteiger partial charge in [-0.15, -0.1) is 0 Å². The maximum Gasteiger partial charge on any atom is 0.255 e. The van der Waals surface area contributed by atoms with E-state index in [1.54, 1.807) is 37.3 Å². The predicted molar refractivity (Wildman–Crippen MR) is 94.5 cm³/mol. The smallest absolute Gasteiger partial charge is 0.255 e. The lowest BCUT2D eigenvalue weighted by molar-refractivity contribution is 0.0734. The van der Waals surface area contributed by atoms with Crippen molar-refractivity contribution in [2.45, 2.75) is 13.0 Å². The molecule has 0 saturated heterocycles. The van der Waals surface area contributed by atoms with Crippen LogP contribution in [-0.4, -0.2) is 31.6 Å². The molecule has 1 heterocycles. The van der Waals surface area contributed by atoms with Crippen LogP contribution in [-0.2, 0) is 13.0 Å². The fourth-order valence-corrected chi connectivity index (χ4v) is 3.38. The minimum Gasteiger partial charge on any atom is -0.493 e. The largest absolute Gasteiger partial charge is 0.493 e. The lowest BCUT2D eigenvalue weighted by atomic mass is 9.98. The van der Waals surface area contributed by atoms with Gasteiger partial charge in [0.15, 0.2) is 11.5 Å². The zero-order valence-electron chi connectivity index (χ0n) is 13.4. The van der Waals surface area contributed by atoms with Gasteiger partial charge in [0.05, 0.1) is 24.8 Å². The van der Waals surface area contributed by atoms with E-state index in [4.69, 9.17) is 32.7 Å². The summed E-state index contributed by atoms with van der Waals surface area (Å²) in [5.41, 5.74) is 2.68. The topological polar surface area (TPSA) is 38.8 Å². The molecule has 0 saturated carbocycles. The van der Waals surface area contributed by atoms with Crippen LogP contribution in [0.2, 0.25) is 10.0 Å². The second kappa shape index (κ2) is 6.91. The van der Waals surface area contributed by atoms with Crippen molar-refractivity contribution in [2.75, 3.05) is 20.8 Å². The maximum absolute atomic E-state index is 12.8. The van der Waals surface area contributed by atoms with E-state index in [0.29, 0.717) is 40.2 Å². The lowest BCUT2D eigenvalue weighted by Gasteiger charge is -2.30. The molecule has 0 aliphatic carbocycles. The van der Waals surface area contributed by atoms with Crippen molar-refractivity contribution in [3.63, 3.8) is 0 Å². The number of methoxy groups -OCH3 is 2. The van der Waals surface area contributed by atoms with Crippen molar-refractivity contribution in [1.29, 1.82) is 0 Å². The molecule has 3 rings (SSSR count). The normalized spacial score (nSPS) is 13.4. The molecule has 6 heteroatoms. The molecular weight excluding hydrogens is 349 g/mol. The number of amides is 1. The zero-order chi connectivity index (χ0) is 17.3. The molecule has 0 aromatic heterocycles. The molecule has 0 radical (unpaired) electrons. The van der Waals surface area contributed by atoms with Crippen molar-refractivity contribution in [3.8, 4) is 11.5 Å². The Morgan fingerprint density at radius 1 is 1.04 bits per heavy atom. The van der Waals surface area contributed by atoms with Crippen LogP contribution in [0, 0.1) is 0 Å². The minimum atomic E-state index is -0.0999. The summed E-state index contributed by atoms with van der Waals surface area (Å²) in [6.45, 7) is 1.13. The number of nitrogens with zero attached hydrogens (tertiary/aromatic N) is 1. The fourth-order valence-electron chi connectivity index (χ4n) is 2.89. The third kappa shape index (κ3) is 3.17. The molecular formula is C18H17Cl2NO3. The van der Waals surface area contributed by atoms with E-state index in [2.05, 4.69) is 0 Å². The van der Waals surface area contributed by atoms with E-state index < -0.39 is 0 Å². The van der Waals surface area contributed by atoms with Crippen molar-refractivity contribution >= 4 is 29.1 Å². The van der Waals surface area contributed by atoms with Gasteiger partial charge in [-0.3, -0.25) is 4.79 Å². The SMILES string of the molecule is COc1cc2c(cc1OC)CN(C(=O)c1ccc(Cl)cc1Cl)CC2. The highest BCUT2D eigenvalue weighted by Crippen LogP contribution is 2.34. The molecule has 0 fully saturated rings. The molecule has 24 heavy (non-hydrogen) atoms. The number of ether oxygens (including phenoxy) is 2. The Morgan fingerprint density at radius 2 is 1.71 bits per heavy atom. The van der Waals surface area contributed by atoms with Crippen LogP contribution in [0.3, 0.4) is 0 Å². The van der Waals surface area contributed by atoms with Gasteiger partial charge < -0.3 is 14.4 Å². The fraction of sp³-hybridized carbons (Fsp3) is 0.278. The quantitative estimate of drug-likeness (QED) is 0.817. The summed E-state index contributed by atoms with van der Waals surface area (Å²) in [6, 6.07) is 8.83. The van der Waals surface area contributed by atoms with Gasteiger partial charge in [0.25, 0.3) is 5.91 Å². The third-order valence-corrected chi connectivity index (χ3v) is 4.71. The van der Waals surface area contributed by atoms with Gasteiger partial charge in [0.1, 0.15) is 0 Å². The molecule has 1 aliphatic rings. The van der Waals surface area contributed by atoms with Gasteiger partial charge in [-0.05, 0) is 47.9 Å². The Labute approximate surface area is 150 Å². The van der Waals surface area contributed by atoms with Crippen LogP contribution >= 0.6 is 23.2 Å². The standard InChI is InChI=1S/C18H17Cl2NO3/c1-23-16-7-11-5-6-21(10-12(11)8-17(16)24-2)18(22)14-4-3-13(19)9-15(14)20/h3-4,7-9H,5-6,10H2,1-2H3. The number of carbonyl (C=O) groups is 1. The summed E-state index contributed by atoms with van der Waals surface area (Å²) in [6.07, 6.45) is 0.757. The van der Waals surface area contributed by atoms with Gasteiger partial charge in [-0.1, -0.05) is 23.2 Å². The van der Waals surface area contributed by atoms with Crippen LogP contribution in [0.1, 0.15) is 21.5 Å². The van der Waals surface area contributed by atoms with Crippen LogP contribution < -0.4 is 9.47 Å². The molecule has 0 atom stereocenters. The molecule has 0 unspecified atom stereocenters. The first-order valence-corrected chi connectivity index (χ1v) is 8.27. The number of hydrogen-bond acceptors (Lipinski definition) is 3. The summed E-state index contributed by atoms with van der Waals surface area (Å²) in [5.74, 6) is 1.27. The number of fused-ring (bicyclic) bond motifs is 1. The molecule has 4 nitrogen and oxygen atoms in total. The summed E-state index contributed by atoms with van der Waals surface area (Å²) in [5, 5.41) is 0.878. The second-order valence-electron chi connectivity index (χ2n) is 5.58. The van der Waals surface area contributed by atoms with E-state index >= 15 is 0 Å². The van der Waals surface area contributed by atoms with Crippen molar-refractivity contribution in [2.24, 2.45) is 0 Å². The predicted octanol–water partition coefficient (Wildman–Crippen LogP) is 4.21. The molecule has 0 N–H and O–H groups in total. The Morgan fingerprint density at radius 3 is 2.33 bits per heavy atom. The molecule has 126 valence electrons. The first-order valence-electron chi connectivity index (χ1n) is 7.51. The van der Waals surface area contributed by atoms with Crippen molar-refractivity contribution < 1.29 is 14.3 Å². The Hall–Kier alpha value is -1.91. The average molecular weight is 366 g/mol. The van der Waals surface area contributed by atoms with Gasteiger partial charge in [0, 0.05) is 18.1 Å². The number of halogens is 2.